The van der Waals surface area contributed by atoms with Crippen LogP contribution in [-0.2, 0) is 16.1 Å². The number of anilines is 1. The van der Waals surface area contributed by atoms with Crippen LogP contribution in [0.1, 0.15) is 32.1 Å². The van der Waals surface area contributed by atoms with E-state index in [9.17, 15) is 9.59 Å². The van der Waals surface area contributed by atoms with Gasteiger partial charge in [0.2, 0.25) is 11.8 Å². The molecule has 1 N–H and O–H groups in total. The molecule has 1 aromatic carbocycles. The van der Waals surface area contributed by atoms with Crippen LogP contribution in [0.3, 0.4) is 0 Å². The van der Waals surface area contributed by atoms with Crippen molar-refractivity contribution in [3.05, 3.63) is 54.4 Å². The molecule has 1 saturated heterocycles. The second-order valence-corrected chi connectivity index (χ2v) is 11.1. The SMILES string of the molecule is O=C1CC[C@@H](C(=O)N2CCCCN(c3ncnc4ccsc34)CCCn3ccnc3-c3cccc(c3)OCC2)N1. The fourth-order valence-electron chi connectivity index (χ4n) is 5.46. The number of rotatable bonds is 2. The van der Waals surface area contributed by atoms with E-state index in [2.05, 4.69) is 35.1 Å². The van der Waals surface area contributed by atoms with Gasteiger partial charge in [0, 0.05) is 50.6 Å². The first-order valence-electron chi connectivity index (χ1n) is 13.9. The molecule has 4 aromatic rings. The number of benzene rings is 1. The van der Waals surface area contributed by atoms with Crippen LogP contribution in [-0.4, -0.2) is 75.1 Å². The minimum Gasteiger partial charge on any atom is -0.492 e. The van der Waals surface area contributed by atoms with Gasteiger partial charge >= 0.3 is 0 Å². The quantitative estimate of drug-likeness (QED) is 0.399. The Hall–Kier alpha value is -3.99. The molecule has 2 bridgehead atoms. The minimum absolute atomic E-state index is 0.0314. The fraction of sp³-hybridized carbons (Fsp3) is 0.414. The Kier molecular flexibility index (Phi) is 7.90. The highest BCUT2D eigenvalue weighted by molar-refractivity contribution is 7.17. The van der Waals surface area contributed by atoms with E-state index in [1.54, 1.807) is 17.7 Å². The summed E-state index contributed by atoms with van der Waals surface area (Å²) in [5, 5.41) is 4.89. The molecule has 5 heterocycles. The number of hydrogen-bond acceptors (Lipinski definition) is 8. The number of carbonyl (C=O) groups is 2. The Bertz CT molecular complexity index is 1490. The van der Waals surface area contributed by atoms with Gasteiger partial charge in [0.1, 0.15) is 36.4 Å². The average molecular weight is 560 g/mol. The number of aromatic nitrogens is 4. The summed E-state index contributed by atoms with van der Waals surface area (Å²) in [6, 6.07) is 9.52. The number of imidazole rings is 1. The van der Waals surface area contributed by atoms with Gasteiger partial charge in [0.05, 0.1) is 16.8 Å². The largest absolute Gasteiger partial charge is 0.492 e. The van der Waals surface area contributed by atoms with Crippen molar-refractivity contribution < 1.29 is 14.3 Å². The van der Waals surface area contributed by atoms with E-state index in [0.29, 0.717) is 32.5 Å². The molecule has 0 radical (unpaired) electrons. The highest BCUT2D eigenvalue weighted by atomic mass is 32.1. The van der Waals surface area contributed by atoms with E-state index in [0.717, 1.165) is 72.1 Å². The Labute approximate surface area is 237 Å². The van der Waals surface area contributed by atoms with Crippen molar-refractivity contribution >= 4 is 39.2 Å². The third kappa shape index (κ3) is 5.79. The van der Waals surface area contributed by atoms with E-state index < -0.39 is 6.04 Å². The van der Waals surface area contributed by atoms with E-state index in [-0.39, 0.29) is 11.8 Å². The predicted molar refractivity (Wildman–Crippen MR) is 154 cm³/mol. The van der Waals surface area contributed by atoms with Crippen molar-refractivity contribution in [3.63, 3.8) is 0 Å². The van der Waals surface area contributed by atoms with Crippen LogP contribution in [0.4, 0.5) is 5.82 Å². The van der Waals surface area contributed by atoms with E-state index >= 15 is 0 Å². The number of aryl methyl sites for hydroxylation is 1. The Morgan fingerprint density at radius 3 is 2.83 bits per heavy atom. The number of carbonyl (C=O) groups excluding carboxylic acids is 2. The zero-order valence-electron chi connectivity index (χ0n) is 22.4. The molecule has 6 rings (SSSR count). The molecule has 10 nitrogen and oxygen atoms in total. The molecular weight excluding hydrogens is 526 g/mol. The molecule has 11 heteroatoms. The van der Waals surface area contributed by atoms with Gasteiger partial charge < -0.3 is 24.4 Å². The standard InChI is InChI=1S/C29H33N7O3S/c37-25-8-7-24(33-25)29(38)36-12-2-1-11-34(28-26-23(9-18-40-26)31-20-32-28)13-4-14-35-15-10-30-27(35)21-5-3-6-22(19-21)39-17-16-36/h3,5-6,9-10,15,18-20,24H,1-2,4,7-8,11-14,16-17H2,(H,33,37)/t24-/m0/s1. The second-order valence-electron chi connectivity index (χ2n) is 10.2. The first-order valence-corrected chi connectivity index (χ1v) is 14.8. The molecule has 1 atom stereocenters. The summed E-state index contributed by atoms with van der Waals surface area (Å²) in [4.78, 5) is 43.1. The number of nitrogens with one attached hydrogen (secondary N) is 1. The first-order chi connectivity index (χ1) is 19.7. The highest BCUT2D eigenvalue weighted by Crippen LogP contribution is 2.29. The maximum Gasteiger partial charge on any atom is 0.245 e. The predicted octanol–water partition coefficient (Wildman–Crippen LogP) is 3.73. The summed E-state index contributed by atoms with van der Waals surface area (Å²) < 4.78 is 9.38. The summed E-state index contributed by atoms with van der Waals surface area (Å²) in [5.74, 6) is 2.52. The lowest BCUT2D eigenvalue weighted by atomic mass is 10.2. The van der Waals surface area contributed by atoms with Crippen LogP contribution in [0.2, 0.25) is 0 Å². The third-order valence-corrected chi connectivity index (χ3v) is 8.40. The van der Waals surface area contributed by atoms with E-state index in [1.165, 1.54) is 0 Å². The van der Waals surface area contributed by atoms with Crippen molar-refractivity contribution in [2.24, 2.45) is 0 Å². The van der Waals surface area contributed by atoms with Crippen molar-refractivity contribution in [1.82, 2.24) is 29.7 Å². The van der Waals surface area contributed by atoms with Crippen LogP contribution >= 0.6 is 11.3 Å². The van der Waals surface area contributed by atoms with E-state index in [1.807, 2.05) is 47.6 Å². The Morgan fingerprint density at radius 1 is 1.02 bits per heavy atom. The lowest BCUT2D eigenvalue weighted by molar-refractivity contribution is -0.134. The lowest BCUT2D eigenvalue weighted by Gasteiger charge is -2.27. The average Bonchev–Trinajstić information content (AvgIpc) is 3.73. The number of nitrogens with zero attached hydrogens (tertiary/aromatic N) is 6. The summed E-state index contributed by atoms with van der Waals surface area (Å²) >= 11 is 1.66. The van der Waals surface area contributed by atoms with Crippen molar-refractivity contribution in [2.75, 3.05) is 37.7 Å². The van der Waals surface area contributed by atoms with Crippen LogP contribution in [0.25, 0.3) is 21.6 Å². The summed E-state index contributed by atoms with van der Waals surface area (Å²) in [6.07, 6.45) is 9.10. The molecule has 2 aliphatic rings. The van der Waals surface area contributed by atoms with E-state index in [4.69, 9.17) is 4.74 Å². The molecule has 0 aliphatic carbocycles. The maximum absolute atomic E-state index is 13.3. The van der Waals surface area contributed by atoms with Crippen LogP contribution < -0.4 is 15.0 Å². The zero-order chi connectivity index (χ0) is 27.3. The number of hydrogen-bond donors (Lipinski definition) is 1. The van der Waals surface area contributed by atoms with Crippen LogP contribution in [0, 0.1) is 0 Å². The van der Waals surface area contributed by atoms with Gasteiger partial charge in [0.25, 0.3) is 0 Å². The Morgan fingerprint density at radius 2 is 1.93 bits per heavy atom. The topological polar surface area (TPSA) is 105 Å². The fourth-order valence-corrected chi connectivity index (χ4v) is 6.32. The number of fused-ring (bicyclic) bond motifs is 5. The van der Waals surface area contributed by atoms with Crippen LogP contribution in [0.15, 0.2) is 54.4 Å². The molecule has 40 heavy (non-hydrogen) atoms. The van der Waals surface area contributed by atoms with Crippen molar-refractivity contribution in [3.8, 4) is 17.1 Å². The smallest absolute Gasteiger partial charge is 0.245 e. The molecule has 208 valence electrons. The minimum atomic E-state index is -0.451. The third-order valence-electron chi connectivity index (χ3n) is 7.50. The molecular formula is C29H33N7O3S. The number of ether oxygens (including phenoxy) is 1. The maximum atomic E-state index is 13.3. The molecule has 1 fully saturated rings. The van der Waals surface area contributed by atoms with Gasteiger partial charge in [-0.05, 0) is 49.3 Å². The van der Waals surface area contributed by atoms with Gasteiger partial charge in [-0.25, -0.2) is 15.0 Å². The highest BCUT2D eigenvalue weighted by Gasteiger charge is 2.30. The summed E-state index contributed by atoms with van der Waals surface area (Å²) in [7, 11) is 0. The molecule has 2 amide bonds. The molecule has 0 spiro atoms. The molecule has 0 saturated carbocycles. The lowest BCUT2D eigenvalue weighted by Crippen LogP contribution is -2.46. The summed E-state index contributed by atoms with van der Waals surface area (Å²) in [5.41, 5.74) is 1.95. The second kappa shape index (κ2) is 12.0. The summed E-state index contributed by atoms with van der Waals surface area (Å²) in [6.45, 7) is 3.91. The monoisotopic (exact) mass is 559 g/mol. The normalized spacial score (nSPS) is 19.1. The number of thiophene rings is 1. The molecule has 3 aromatic heterocycles. The van der Waals surface area contributed by atoms with Gasteiger partial charge in [-0.2, -0.15) is 0 Å². The van der Waals surface area contributed by atoms with Crippen molar-refractivity contribution in [1.29, 1.82) is 0 Å². The molecule has 2 aliphatic heterocycles. The van der Waals surface area contributed by atoms with Gasteiger partial charge in [-0.1, -0.05) is 12.1 Å². The first kappa shape index (κ1) is 26.2. The van der Waals surface area contributed by atoms with Gasteiger partial charge in [-0.3, -0.25) is 9.59 Å². The van der Waals surface area contributed by atoms with Gasteiger partial charge in [0.15, 0.2) is 0 Å². The Balaban J connectivity index is 1.26. The number of amides is 2. The van der Waals surface area contributed by atoms with Crippen molar-refractivity contribution in [2.45, 2.75) is 44.7 Å². The van der Waals surface area contributed by atoms with Crippen LogP contribution in [0.5, 0.6) is 5.75 Å². The zero-order valence-corrected chi connectivity index (χ0v) is 23.2. The van der Waals surface area contributed by atoms with Gasteiger partial charge in [-0.15, -0.1) is 11.3 Å². The molecule has 0 unspecified atom stereocenters.